The molecule has 0 spiro atoms. The average molecular weight is 899 g/mol. The van der Waals surface area contributed by atoms with Gasteiger partial charge in [-0.25, -0.2) is 0 Å². The Kier molecular flexibility index (Phi) is 28.4. The molecule has 5 heterocycles. The molecule has 0 amide bonds. The molecule has 10 nitrogen and oxygen atoms in total. The largest absolute Gasteiger partial charge is 1.00 e. The molecule has 0 aliphatic carbocycles. The molecule has 0 aliphatic heterocycles. The maximum atomic E-state index is 10.8. The Hall–Kier alpha value is -4.68. The zero-order valence-corrected chi connectivity index (χ0v) is 38.1. The fourth-order valence-corrected chi connectivity index (χ4v) is 5.26. The van der Waals surface area contributed by atoms with E-state index >= 15 is 0 Å². The summed E-state index contributed by atoms with van der Waals surface area (Å²) in [6.45, 7) is 0.962. The number of halogens is 4. The molecule has 0 radical (unpaired) electrons. The Morgan fingerprint density at radius 1 is 0.550 bits per heavy atom. The van der Waals surface area contributed by atoms with Crippen LogP contribution in [0, 0.1) is 0 Å². The molecule has 0 unspecified atom stereocenters. The summed E-state index contributed by atoms with van der Waals surface area (Å²) in [7, 11) is -1.00. The van der Waals surface area contributed by atoms with Gasteiger partial charge in [-0.1, -0.05) is 48.5 Å². The standard InChI is InChI=1S/C19H17N3O.C18H17N3.C6H6ClN.CH3F.Cl2OP.Na.H2O/c23-15-16-7-9-19(10-8-16)22(13-17-5-1-3-11-20-17)14-18-6-2-4-12-21-18;1-2-10-18(11-3-1)21(14-16-8-4-6-12-19-16)15-17-9-5-7-13-20-17;7-5-6-3-1-2-4-8-6;1-2;1-4(2)3;;/h1-12,15H,13-14H2;1-13H,14-15H2;1-4H,5H2;1H3;;;1H2/q;;;;2*+1;/p-1/i;;;1D;;;. The number of carbonyl (C=O) groups excluding carboxylic acids is 1. The third-order valence-corrected chi connectivity index (χ3v) is 7.97. The predicted molar refractivity (Wildman–Crippen MR) is 237 cm³/mol. The third-order valence-electron chi connectivity index (χ3n) is 7.69. The minimum Gasteiger partial charge on any atom is -0.870 e. The van der Waals surface area contributed by atoms with Gasteiger partial charge in [0.25, 0.3) is 0 Å². The second-order valence-corrected chi connectivity index (χ2v) is 14.7. The third kappa shape index (κ3) is 22.1. The van der Waals surface area contributed by atoms with E-state index in [0.29, 0.717) is 24.5 Å². The van der Waals surface area contributed by atoms with Gasteiger partial charge in [0, 0.05) is 47.9 Å². The van der Waals surface area contributed by atoms with Crippen LogP contribution in [0.2, 0.25) is 0 Å². The van der Waals surface area contributed by atoms with Gasteiger partial charge in [0.2, 0.25) is 22.5 Å². The molecule has 0 fully saturated rings. The van der Waals surface area contributed by atoms with Gasteiger partial charge in [-0.05, 0) is 102 Å². The van der Waals surface area contributed by atoms with Gasteiger partial charge in [0.05, 0.1) is 69.1 Å². The first-order valence-corrected chi connectivity index (χ1v) is 21.2. The van der Waals surface area contributed by atoms with Crippen molar-refractivity contribution in [2.24, 2.45) is 0 Å². The molecular weight excluding hydrogens is 854 g/mol. The molecule has 0 aliphatic rings. The molecule has 306 valence electrons. The summed E-state index contributed by atoms with van der Waals surface area (Å²) in [5.74, 6) is 0.501. The summed E-state index contributed by atoms with van der Waals surface area (Å²) >= 11 is 14.6. The van der Waals surface area contributed by atoms with Crippen LogP contribution >= 0.6 is 40.6 Å². The van der Waals surface area contributed by atoms with Crippen LogP contribution in [-0.2, 0) is 36.6 Å². The molecule has 7 aromatic rings. The first-order valence-electron chi connectivity index (χ1n) is 18.4. The average Bonchev–Trinajstić information content (AvgIpc) is 3.28. The molecule has 60 heavy (non-hydrogen) atoms. The smallest absolute Gasteiger partial charge is 0.870 e. The number of hydrogen-bond acceptors (Lipinski definition) is 10. The van der Waals surface area contributed by atoms with Crippen LogP contribution in [0.1, 0.15) is 40.2 Å². The summed E-state index contributed by atoms with van der Waals surface area (Å²) in [6.07, 6.45) is 9.84. The molecule has 0 atom stereocenters. The Labute approximate surface area is 390 Å². The molecule has 1 N–H and O–H groups in total. The topological polar surface area (TPSA) is 135 Å². The van der Waals surface area contributed by atoms with Crippen molar-refractivity contribution in [1.82, 2.24) is 24.9 Å². The molecule has 7 rings (SSSR count). The van der Waals surface area contributed by atoms with Crippen LogP contribution < -0.4 is 39.4 Å². The number of pyridine rings is 5. The summed E-state index contributed by atoms with van der Waals surface area (Å²) in [5.41, 5.74) is 7.89. The van der Waals surface area contributed by atoms with E-state index < -0.39 is 13.7 Å². The number of aromatic nitrogens is 5. The summed E-state index contributed by atoms with van der Waals surface area (Å²) in [5, 5.41) is 0. The monoisotopic (exact) mass is 897 g/mol. The van der Waals surface area contributed by atoms with Crippen molar-refractivity contribution in [3.05, 3.63) is 211 Å². The van der Waals surface area contributed by atoms with E-state index in [1.165, 1.54) is 5.69 Å². The van der Waals surface area contributed by atoms with E-state index in [2.05, 4.69) is 81.5 Å². The molecule has 16 heteroatoms. The Bertz CT molecular complexity index is 2050. The SMILES string of the molecule is ClCc1ccccn1.O=Cc1ccc(N(Cc2ccccn2)Cc2ccccn2)cc1.O=[P+](Cl)Cl.[2H]CF.[Na+].[OH-].c1ccc(N(Cc2ccccn2)Cc2ccccn2)cc1. The molecule has 0 saturated heterocycles. The quantitative estimate of drug-likeness (QED) is 0.0509. The zero-order chi connectivity index (χ0) is 42.3. The summed E-state index contributed by atoms with van der Waals surface area (Å²) < 4.78 is 24.6. The van der Waals surface area contributed by atoms with Gasteiger partial charge in [-0.15, -0.1) is 11.6 Å². The Morgan fingerprint density at radius 3 is 1.08 bits per heavy atom. The van der Waals surface area contributed by atoms with Crippen LogP contribution in [0.15, 0.2) is 177 Å². The van der Waals surface area contributed by atoms with Crippen molar-refractivity contribution in [3.8, 4) is 0 Å². The van der Waals surface area contributed by atoms with Crippen molar-refractivity contribution in [1.29, 1.82) is 0 Å². The number of nitrogens with zero attached hydrogens (tertiary/aromatic N) is 7. The number of carbonyl (C=O) groups is 1. The molecule has 0 bridgehead atoms. The maximum absolute atomic E-state index is 10.8. The van der Waals surface area contributed by atoms with Gasteiger partial charge in [-0.2, -0.15) is 0 Å². The second kappa shape index (κ2) is 33.1. The molecule has 0 saturated carbocycles. The van der Waals surface area contributed by atoms with Crippen LogP contribution in [0.5, 0.6) is 0 Å². The summed E-state index contributed by atoms with van der Waals surface area (Å²) in [4.78, 5) is 36.9. The van der Waals surface area contributed by atoms with E-state index in [9.17, 15) is 9.18 Å². The van der Waals surface area contributed by atoms with Crippen LogP contribution in [0.25, 0.3) is 0 Å². The fourth-order valence-electron chi connectivity index (χ4n) is 5.11. The fraction of sp³-hybridized carbons (Fsp3) is 0.136. The zero-order valence-electron chi connectivity index (χ0n) is 33.9. The normalized spacial score (nSPS) is 9.50. The Morgan fingerprint density at radius 2 is 0.833 bits per heavy atom. The van der Waals surface area contributed by atoms with Gasteiger partial charge >= 0.3 is 36.1 Å². The number of rotatable bonds is 12. The van der Waals surface area contributed by atoms with Crippen molar-refractivity contribution in [3.63, 3.8) is 0 Å². The first-order chi connectivity index (χ1) is 28.8. The maximum Gasteiger partial charge on any atom is 1.00 e. The van der Waals surface area contributed by atoms with Gasteiger partial charge in [0.1, 0.15) is 6.29 Å². The van der Waals surface area contributed by atoms with Gasteiger partial charge < -0.3 is 15.3 Å². The van der Waals surface area contributed by atoms with E-state index in [-0.39, 0.29) is 35.0 Å². The number of benzene rings is 2. The minimum absolute atomic E-state index is 0. The van der Waals surface area contributed by atoms with Crippen molar-refractivity contribution in [2.45, 2.75) is 32.1 Å². The van der Waals surface area contributed by atoms with E-state index in [1.54, 1.807) is 18.6 Å². The molecule has 2 aromatic carbocycles. The minimum atomic E-state index is -1.93. The van der Waals surface area contributed by atoms with Crippen LogP contribution in [-0.4, -0.2) is 43.8 Å². The number of anilines is 2. The van der Waals surface area contributed by atoms with Crippen molar-refractivity contribution < 1.29 is 50.2 Å². The van der Waals surface area contributed by atoms with Gasteiger partial charge in [0.15, 0.2) is 0 Å². The molecular formula is C44H44Cl3FN7NaO3P+. The molecule has 5 aromatic heterocycles. The van der Waals surface area contributed by atoms with Crippen molar-refractivity contribution in [2.75, 3.05) is 17.0 Å². The Balaban J connectivity index is 0.000000449. The van der Waals surface area contributed by atoms with E-state index in [4.69, 9.17) is 17.5 Å². The van der Waals surface area contributed by atoms with E-state index in [1.807, 2.05) is 134 Å². The van der Waals surface area contributed by atoms with E-state index in [0.717, 1.165) is 53.5 Å². The number of alkyl halides is 2. The van der Waals surface area contributed by atoms with Crippen molar-refractivity contribution >= 4 is 58.2 Å². The first kappa shape index (κ1) is 51.5. The second-order valence-electron chi connectivity index (χ2n) is 11.7. The predicted octanol–water partition coefficient (Wildman–Crippen LogP) is 8.53. The number of para-hydroxylation sites is 1. The van der Waals surface area contributed by atoms with Gasteiger partial charge in [-0.3, -0.25) is 34.1 Å². The number of aldehydes is 1. The number of hydrogen-bond donors (Lipinski definition) is 0. The van der Waals surface area contributed by atoms with Crippen LogP contribution in [0.3, 0.4) is 0 Å². The summed E-state index contributed by atoms with van der Waals surface area (Å²) in [6, 6.07) is 47.4. The van der Waals surface area contributed by atoms with Crippen LogP contribution in [0.4, 0.5) is 15.8 Å².